The van der Waals surface area contributed by atoms with Crippen LogP contribution in [0.2, 0.25) is 0 Å². The van der Waals surface area contributed by atoms with E-state index in [0.717, 1.165) is 18.9 Å². The number of phenolic OH excluding ortho intramolecular Hbond substituents is 1. The molecule has 1 aromatic carbocycles. The van der Waals surface area contributed by atoms with Crippen LogP contribution < -0.4 is 15.4 Å². The molecule has 4 N–H and O–H groups in total. The SMILES string of the molecule is O=C(NCCNCC(O)COc1ccc(O)cc1F)C1CCOCC1. The molecule has 25 heavy (non-hydrogen) atoms. The molecule has 0 spiro atoms. The standard InChI is InChI=1S/C17H25FN2O5/c18-15-9-13(21)1-2-16(15)25-11-14(22)10-19-5-6-20-17(23)12-3-7-24-8-4-12/h1-2,9,12,14,19,21-22H,3-8,10-11H2,(H,20,23). The molecule has 1 saturated heterocycles. The Morgan fingerprint density at radius 2 is 2.12 bits per heavy atom. The van der Waals surface area contributed by atoms with E-state index in [4.69, 9.17) is 14.6 Å². The van der Waals surface area contributed by atoms with Gasteiger partial charge in [-0.1, -0.05) is 0 Å². The lowest BCUT2D eigenvalue weighted by atomic mass is 9.99. The molecule has 0 aliphatic carbocycles. The van der Waals surface area contributed by atoms with Gasteiger partial charge in [-0.3, -0.25) is 4.79 Å². The summed E-state index contributed by atoms with van der Waals surface area (Å²) in [6.45, 7) is 2.42. The van der Waals surface area contributed by atoms with Gasteiger partial charge in [0.2, 0.25) is 5.91 Å². The van der Waals surface area contributed by atoms with Crippen molar-refractivity contribution >= 4 is 5.91 Å². The fraction of sp³-hybridized carbons (Fsp3) is 0.588. The van der Waals surface area contributed by atoms with Crippen LogP contribution in [0.1, 0.15) is 12.8 Å². The lowest BCUT2D eigenvalue weighted by Crippen LogP contribution is -2.40. The zero-order chi connectivity index (χ0) is 18.1. The van der Waals surface area contributed by atoms with Gasteiger partial charge in [0, 0.05) is 44.8 Å². The number of aliphatic hydroxyl groups excluding tert-OH is 1. The number of phenols is 1. The minimum absolute atomic E-state index is 0.0212. The lowest BCUT2D eigenvalue weighted by molar-refractivity contribution is -0.127. The smallest absolute Gasteiger partial charge is 0.223 e. The maximum Gasteiger partial charge on any atom is 0.223 e. The van der Waals surface area contributed by atoms with E-state index in [1.54, 1.807) is 0 Å². The Labute approximate surface area is 146 Å². The van der Waals surface area contributed by atoms with E-state index in [2.05, 4.69) is 10.6 Å². The number of carbonyl (C=O) groups is 1. The molecule has 1 aromatic rings. The van der Waals surface area contributed by atoms with E-state index in [1.165, 1.54) is 12.1 Å². The van der Waals surface area contributed by atoms with Crippen LogP contribution in [-0.2, 0) is 9.53 Å². The Hall–Kier alpha value is -1.90. The number of carbonyl (C=O) groups excluding carboxylic acids is 1. The van der Waals surface area contributed by atoms with Crippen LogP contribution in [0.25, 0.3) is 0 Å². The zero-order valence-corrected chi connectivity index (χ0v) is 14.0. The lowest BCUT2D eigenvalue weighted by Gasteiger charge is -2.21. The highest BCUT2D eigenvalue weighted by Crippen LogP contribution is 2.21. The molecule has 7 nitrogen and oxygen atoms in total. The molecular formula is C17H25FN2O5. The molecule has 8 heteroatoms. The van der Waals surface area contributed by atoms with Crippen molar-refractivity contribution in [1.82, 2.24) is 10.6 Å². The number of hydrogen-bond acceptors (Lipinski definition) is 6. The highest BCUT2D eigenvalue weighted by molar-refractivity contribution is 5.78. The summed E-state index contributed by atoms with van der Waals surface area (Å²) < 4.78 is 23.8. The molecule has 0 radical (unpaired) electrons. The molecule has 1 unspecified atom stereocenters. The Balaban J connectivity index is 1.54. The van der Waals surface area contributed by atoms with Crippen LogP contribution >= 0.6 is 0 Å². The van der Waals surface area contributed by atoms with Crippen molar-refractivity contribution < 1.29 is 28.9 Å². The summed E-state index contributed by atoms with van der Waals surface area (Å²) in [6, 6.07) is 3.56. The van der Waals surface area contributed by atoms with Crippen LogP contribution in [0.15, 0.2) is 18.2 Å². The average Bonchev–Trinajstić information content (AvgIpc) is 2.61. The quantitative estimate of drug-likeness (QED) is 0.478. The van der Waals surface area contributed by atoms with E-state index >= 15 is 0 Å². The highest BCUT2D eigenvalue weighted by atomic mass is 19.1. The number of ether oxygens (including phenoxy) is 2. The second-order valence-electron chi connectivity index (χ2n) is 5.96. The summed E-state index contributed by atoms with van der Waals surface area (Å²) in [7, 11) is 0. The van der Waals surface area contributed by atoms with Gasteiger partial charge in [-0.25, -0.2) is 4.39 Å². The summed E-state index contributed by atoms with van der Waals surface area (Å²) in [6.07, 6.45) is 0.686. The second kappa shape index (κ2) is 10.2. The van der Waals surface area contributed by atoms with Gasteiger partial charge in [0.1, 0.15) is 18.5 Å². The molecule has 0 bridgehead atoms. The average molecular weight is 356 g/mol. The van der Waals surface area contributed by atoms with Crippen LogP contribution in [0.4, 0.5) is 4.39 Å². The fourth-order valence-electron chi connectivity index (χ4n) is 2.50. The third-order valence-corrected chi connectivity index (χ3v) is 3.92. The van der Waals surface area contributed by atoms with Crippen LogP contribution in [-0.4, -0.2) is 61.7 Å². The minimum Gasteiger partial charge on any atom is -0.508 e. The summed E-state index contributed by atoms with van der Waals surface area (Å²) in [5.74, 6) is -0.837. The van der Waals surface area contributed by atoms with Crippen LogP contribution in [0, 0.1) is 11.7 Å². The van der Waals surface area contributed by atoms with E-state index < -0.39 is 11.9 Å². The van der Waals surface area contributed by atoms with E-state index in [0.29, 0.717) is 26.3 Å². The number of aliphatic hydroxyl groups is 1. The normalized spacial score (nSPS) is 16.4. The molecule has 0 aromatic heterocycles. The van der Waals surface area contributed by atoms with Crippen molar-refractivity contribution in [3.63, 3.8) is 0 Å². The molecule has 140 valence electrons. The molecule has 1 amide bonds. The Morgan fingerprint density at radius 1 is 1.36 bits per heavy atom. The van der Waals surface area contributed by atoms with Gasteiger partial charge < -0.3 is 30.3 Å². The van der Waals surface area contributed by atoms with Gasteiger partial charge in [0.15, 0.2) is 11.6 Å². The second-order valence-corrected chi connectivity index (χ2v) is 5.96. The van der Waals surface area contributed by atoms with Crippen LogP contribution in [0.5, 0.6) is 11.5 Å². The number of nitrogens with one attached hydrogen (secondary N) is 2. The number of halogens is 1. The van der Waals surface area contributed by atoms with Crippen molar-refractivity contribution in [3.05, 3.63) is 24.0 Å². The van der Waals surface area contributed by atoms with Gasteiger partial charge in [-0.05, 0) is 25.0 Å². The molecule has 2 rings (SSSR count). The van der Waals surface area contributed by atoms with Crippen LogP contribution in [0.3, 0.4) is 0 Å². The maximum atomic E-state index is 13.5. The Kier molecular flexibility index (Phi) is 7.90. The number of benzene rings is 1. The molecular weight excluding hydrogens is 331 g/mol. The number of amides is 1. The van der Waals surface area contributed by atoms with Gasteiger partial charge in [-0.2, -0.15) is 0 Å². The van der Waals surface area contributed by atoms with Gasteiger partial charge in [0.25, 0.3) is 0 Å². The van der Waals surface area contributed by atoms with E-state index in [-0.39, 0.29) is 36.5 Å². The van der Waals surface area contributed by atoms with Gasteiger partial charge >= 0.3 is 0 Å². The number of hydrogen-bond donors (Lipinski definition) is 4. The maximum absolute atomic E-state index is 13.5. The zero-order valence-electron chi connectivity index (χ0n) is 14.0. The summed E-state index contributed by atoms with van der Waals surface area (Å²) in [5, 5.41) is 24.8. The summed E-state index contributed by atoms with van der Waals surface area (Å²) >= 11 is 0. The fourth-order valence-corrected chi connectivity index (χ4v) is 2.50. The first kappa shape index (κ1) is 19.4. The molecule has 1 aliphatic heterocycles. The molecule has 0 saturated carbocycles. The largest absolute Gasteiger partial charge is 0.508 e. The highest BCUT2D eigenvalue weighted by Gasteiger charge is 2.20. The van der Waals surface area contributed by atoms with E-state index in [1.807, 2.05) is 0 Å². The molecule has 1 aliphatic rings. The number of aromatic hydroxyl groups is 1. The molecule has 1 fully saturated rings. The first-order chi connectivity index (χ1) is 12.1. The Bertz CT molecular complexity index is 552. The minimum atomic E-state index is -0.820. The van der Waals surface area contributed by atoms with E-state index in [9.17, 15) is 14.3 Å². The monoisotopic (exact) mass is 356 g/mol. The van der Waals surface area contributed by atoms with Crippen molar-refractivity contribution in [2.24, 2.45) is 5.92 Å². The van der Waals surface area contributed by atoms with Gasteiger partial charge in [0.05, 0.1) is 0 Å². The first-order valence-corrected chi connectivity index (χ1v) is 8.42. The van der Waals surface area contributed by atoms with Crippen molar-refractivity contribution in [3.8, 4) is 11.5 Å². The summed E-state index contributed by atoms with van der Waals surface area (Å²) in [5.41, 5.74) is 0. The first-order valence-electron chi connectivity index (χ1n) is 8.42. The third kappa shape index (κ3) is 6.85. The predicted octanol–water partition coefficient (Wildman–Crippen LogP) is 0.403. The third-order valence-electron chi connectivity index (χ3n) is 3.92. The Morgan fingerprint density at radius 3 is 2.84 bits per heavy atom. The van der Waals surface area contributed by atoms with Crippen molar-refractivity contribution in [1.29, 1.82) is 0 Å². The molecule has 1 atom stereocenters. The topological polar surface area (TPSA) is 100 Å². The van der Waals surface area contributed by atoms with Crippen molar-refractivity contribution in [2.45, 2.75) is 18.9 Å². The number of rotatable bonds is 9. The predicted molar refractivity (Wildman–Crippen MR) is 89.0 cm³/mol. The van der Waals surface area contributed by atoms with Crippen molar-refractivity contribution in [2.75, 3.05) is 39.5 Å². The molecule has 1 heterocycles. The van der Waals surface area contributed by atoms with Gasteiger partial charge in [-0.15, -0.1) is 0 Å². The summed E-state index contributed by atoms with van der Waals surface area (Å²) in [4.78, 5) is 11.9.